The second kappa shape index (κ2) is 5.34. The zero-order chi connectivity index (χ0) is 13.8. The van der Waals surface area contributed by atoms with Crippen molar-refractivity contribution in [1.82, 2.24) is 4.98 Å². The van der Waals surface area contributed by atoms with Gasteiger partial charge in [-0.2, -0.15) is 0 Å². The first kappa shape index (κ1) is 12.8. The molecule has 0 atom stereocenters. The van der Waals surface area contributed by atoms with Crippen molar-refractivity contribution < 1.29 is 14.3 Å². The molecule has 5 nitrogen and oxygen atoms in total. The fraction of sp³-hybridized carbons (Fsp3) is 0.0769. The Kier molecular flexibility index (Phi) is 3.61. The van der Waals surface area contributed by atoms with Crippen LogP contribution in [-0.4, -0.2) is 16.0 Å². The van der Waals surface area contributed by atoms with Crippen molar-refractivity contribution in [3.05, 3.63) is 53.5 Å². The Bertz CT molecular complexity index is 629. The lowest BCUT2D eigenvalue weighted by molar-refractivity contribution is 0.318. The van der Waals surface area contributed by atoms with Gasteiger partial charge in [0.15, 0.2) is 5.84 Å². The molecule has 2 aromatic rings. The minimum atomic E-state index is -0.421. The zero-order valence-corrected chi connectivity index (χ0v) is 10.2. The van der Waals surface area contributed by atoms with Crippen LogP contribution < -0.4 is 10.5 Å². The SMILES string of the molecule is Cc1ccnc(Oc2cccc(F)c2)c1/C(N)=N/O. The molecule has 0 amide bonds. The topological polar surface area (TPSA) is 80.7 Å². The number of nitrogens with two attached hydrogens (primary N) is 1. The van der Waals surface area contributed by atoms with Gasteiger partial charge in [0, 0.05) is 12.3 Å². The summed E-state index contributed by atoms with van der Waals surface area (Å²) in [5.41, 5.74) is 6.69. The van der Waals surface area contributed by atoms with Gasteiger partial charge < -0.3 is 15.7 Å². The summed E-state index contributed by atoms with van der Waals surface area (Å²) in [7, 11) is 0. The highest BCUT2D eigenvalue weighted by Crippen LogP contribution is 2.25. The summed E-state index contributed by atoms with van der Waals surface area (Å²) in [6.45, 7) is 1.77. The van der Waals surface area contributed by atoms with E-state index in [1.165, 1.54) is 24.4 Å². The average molecular weight is 261 g/mol. The molecule has 0 aliphatic carbocycles. The molecule has 0 saturated carbocycles. The third-order valence-electron chi connectivity index (χ3n) is 2.50. The average Bonchev–Trinajstić information content (AvgIpc) is 2.38. The Morgan fingerprint density at radius 2 is 2.21 bits per heavy atom. The molecule has 3 N–H and O–H groups in total. The van der Waals surface area contributed by atoms with Crippen LogP contribution in [0.25, 0.3) is 0 Å². The molecule has 0 spiro atoms. The summed E-state index contributed by atoms with van der Waals surface area (Å²) in [5, 5.41) is 11.7. The first-order valence-corrected chi connectivity index (χ1v) is 5.48. The molecule has 0 fully saturated rings. The highest BCUT2D eigenvalue weighted by atomic mass is 19.1. The fourth-order valence-electron chi connectivity index (χ4n) is 1.61. The van der Waals surface area contributed by atoms with Crippen LogP contribution >= 0.6 is 0 Å². The van der Waals surface area contributed by atoms with E-state index in [2.05, 4.69) is 10.1 Å². The Morgan fingerprint density at radius 1 is 1.42 bits per heavy atom. The van der Waals surface area contributed by atoms with Crippen LogP contribution in [0.2, 0.25) is 0 Å². The van der Waals surface area contributed by atoms with E-state index in [4.69, 9.17) is 15.7 Å². The van der Waals surface area contributed by atoms with Gasteiger partial charge in [-0.05, 0) is 30.7 Å². The zero-order valence-electron chi connectivity index (χ0n) is 10.2. The molecular formula is C13H12FN3O2. The Balaban J connectivity index is 2.43. The number of pyridine rings is 1. The molecule has 1 aromatic carbocycles. The third kappa shape index (κ3) is 2.79. The fourth-order valence-corrected chi connectivity index (χ4v) is 1.61. The number of hydrogen-bond donors (Lipinski definition) is 2. The smallest absolute Gasteiger partial charge is 0.230 e. The van der Waals surface area contributed by atoms with Crippen molar-refractivity contribution >= 4 is 5.84 Å². The standard InChI is InChI=1S/C13H12FN3O2/c1-8-5-6-16-13(11(8)12(15)17-18)19-10-4-2-3-9(14)7-10/h2-7,18H,1H3,(H2,15,17). The quantitative estimate of drug-likeness (QED) is 0.385. The normalized spacial score (nSPS) is 11.4. The number of amidine groups is 1. The number of benzene rings is 1. The van der Waals surface area contributed by atoms with Gasteiger partial charge in [-0.3, -0.25) is 0 Å². The predicted molar refractivity (Wildman–Crippen MR) is 68.0 cm³/mol. The number of nitrogens with zero attached hydrogens (tertiary/aromatic N) is 2. The minimum Gasteiger partial charge on any atom is -0.438 e. The van der Waals surface area contributed by atoms with Crippen LogP contribution in [0, 0.1) is 12.7 Å². The number of halogens is 1. The third-order valence-corrected chi connectivity index (χ3v) is 2.50. The molecule has 0 bridgehead atoms. The van der Waals surface area contributed by atoms with Gasteiger partial charge in [0.2, 0.25) is 5.88 Å². The van der Waals surface area contributed by atoms with Crippen LogP contribution in [0.3, 0.4) is 0 Å². The van der Waals surface area contributed by atoms with Crippen molar-refractivity contribution in [2.24, 2.45) is 10.9 Å². The molecule has 19 heavy (non-hydrogen) atoms. The van der Waals surface area contributed by atoms with Gasteiger partial charge >= 0.3 is 0 Å². The number of aryl methyl sites for hydroxylation is 1. The summed E-state index contributed by atoms with van der Waals surface area (Å²) in [6, 6.07) is 7.33. The molecule has 0 radical (unpaired) electrons. The summed E-state index contributed by atoms with van der Waals surface area (Å²) < 4.78 is 18.6. The second-order valence-electron chi connectivity index (χ2n) is 3.85. The first-order chi connectivity index (χ1) is 9.11. The molecular weight excluding hydrogens is 249 g/mol. The van der Waals surface area contributed by atoms with Crippen LogP contribution in [0.1, 0.15) is 11.1 Å². The van der Waals surface area contributed by atoms with Gasteiger partial charge in [0.25, 0.3) is 0 Å². The molecule has 6 heteroatoms. The van der Waals surface area contributed by atoms with Crippen molar-refractivity contribution in [3.8, 4) is 11.6 Å². The lowest BCUT2D eigenvalue weighted by Gasteiger charge is -2.11. The van der Waals surface area contributed by atoms with Gasteiger partial charge in [-0.15, -0.1) is 0 Å². The van der Waals surface area contributed by atoms with Crippen molar-refractivity contribution in [3.63, 3.8) is 0 Å². The van der Waals surface area contributed by atoms with Crippen molar-refractivity contribution in [1.29, 1.82) is 0 Å². The maximum absolute atomic E-state index is 13.1. The summed E-state index contributed by atoms with van der Waals surface area (Å²) in [6.07, 6.45) is 1.53. The maximum Gasteiger partial charge on any atom is 0.230 e. The largest absolute Gasteiger partial charge is 0.438 e. The molecule has 1 heterocycles. The van der Waals surface area contributed by atoms with E-state index in [0.717, 1.165) is 5.56 Å². The monoisotopic (exact) mass is 261 g/mol. The maximum atomic E-state index is 13.1. The molecule has 98 valence electrons. The Hall–Kier alpha value is -2.63. The van der Waals surface area contributed by atoms with E-state index >= 15 is 0 Å². The van der Waals surface area contributed by atoms with Crippen LogP contribution in [0.15, 0.2) is 41.7 Å². The Labute approximate surface area is 109 Å². The van der Waals surface area contributed by atoms with Gasteiger partial charge in [-0.1, -0.05) is 11.2 Å². The molecule has 1 aromatic heterocycles. The van der Waals surface area contributed by atoms with E-state index < -0.39 is 5.82 Å². The van der Waals surface area contributed by atoms with E-state index in [-0.39, 0.29) is 17.5 Å². The van der Waals surface area contributed by atoms with Crippen LogP contribution in [0.4, 0.5) is 4.39 Å². The number of rotatable bonds is 3. The molecule has 0 aliphatic rings. The first-order valence-electron chi connectivity index (χ1n) is 5.48. The van der Waals surface area contributed by atoms with E-state index in [0.29, 0.717) is 5.56 Å². The lowest BCUT2D eigenvalue weighted by atomic mass is 10.1. The number of hydrogen-bond acceptors (Lipinski definition) is 4. The van der Waals surface area contributed by atoms with Crippen LogP contribution in [-0.2, 0) is 0 Å². The highest BCUT2D eigenvalue weighted by molar-refractivity contribution is 6.00. The van der Waals surface area contributed by atoms with Gasteiger partial charge in [0.05, 0.1) is 5.56 Å². The molecule has 0 unspecified atom stereocenters. The van der Waals surface area contributed by atoms with E-state index in [1.807, 2.05) is 0 Å². The van der Waals surface area contributed by atoms with E-state index in [1.54, 1.807) is 19.1 Å². The summed E-state index contributed by atoms with van der Waals surface area (Å²) in [4.78, 5) is 4.02. The number of oxime groups is 1. The molecule has 2 rings (SSSR count). The Morgan fingerprint density at radius 3 is 2.89 bits per heavy atom. The van der Waals surface area contributed by atoms with Gasteiger partial charge in [-0.25, -0.2) is 9.37 Å². The van der Waals surface area contributed by atoms with Crippen LogP contribution in [0.5, 0.6) is 11.6 Å². The van der Waals surface area contributed by atoms with E-state index in [9.17, 15) is 4.39 Å². The second-order valence-corrected chi connectivity index (χ2v) is 3.85. The molecule has 0 aliphatic heterocycles. The summed E-state index contributed by atoms with van der Waals surface area (Å²) >= 11 is 0. The highest BCUT2D eigenvalue weighted by Gasteiger charge is 2.14. The lowest BCUT2D eigenvalue weighted by Crippen LogP contribution is -2.16. The van der Waals surface area contributed by atoms with Crippen molar-refractivity contribution in [2.75, 3.05) is 0 Å². The minimum absolute atomic E-state index is 0.114. The summed E-state index contributed by atoms with van der Waals surface area (Å²) in [5.74, 6) is -0.0986. The van der Waals surface area contributed by atoms with Crippen molar-refractivity contribution in [2.45, 2.75) is 6.92 Å². The number of ether oxygens (including phenoxy) is 1. The molecule has 0 saturated heterocycles. The predicted octanol–water partition coefficient (Wildman–Crippen LogP) is 2.42. The number of aromatic nitrogens is 1. The van der Waals surface area contributed by atoms with Gasteiger partial charge in [0.1, 0.15) is 11.6 Å².